The van der Waals surface area contributed by atoms with E-state index in [-0.39, 0.29) is 28.6 Å². The van der Waals surface area contributed by atoms with Gasteiger partial charge in [-0.05, 0) is 72.8 Å². The number of carbonyl (C=O) groups is 1. The Morgan fingerprint density at radius 3 is 2.10 bits per heavy atom. The summed E-state index contributed by atoms with van der Waals surface area (Å²) in [6.07, 6.45) is 0. The lowest BCUT2D eigenvalue weighted by atomic mass is 10.3. The number of nitrogens with one attached hydrogen (secondary N) is 1. The molecule has 0 aliphatic carbocycles. The number of halogens is 1. The first kappa shape index (κ1) is 30.6. The standard InChI is InChI=1S/C27H30ClN3O8S2/c1-37-23-6-10-26(11-7-23)41(35,36)31(22-4-2-21(28)3-5-22)20-27(32)29-14-17-39-24-8-12-25(13-9-24)40(33,34)30-15-18-38-19-16-30/h2-13H,14-20H2,1H3,(H,29,32). The Hall–Kier alpha value is -3.36. The highest BCUT2D eigenvalue weighted by Crippen LogP contribution is 2.26. The molecule has 0 spiro atoms. The molecule has 1 saturated heterocycles. The van der Waals surface area contributed by atoms with Crippen LogP contribution < -0.4 is 19.1 Å². The van der Waals surface area contributed by atoms with Crippen LogP contribution in [0, 0.1) is 0 Å². The van der Waals surface area contributed by atoms with Gasteiger partial charge in [0.05, 0.1) is 42.3 Å². The minimum atomic E-state index is -4.10. The Bertz CT molecular complexity index is 1530. The van der Waals surface area contributed by atoms with Crippen molar-refractivity contribution >= 4 is 43.2 Å². The van der Waals surface area contributed by atoms with Gasteiger partial charge < -0.3 is 19.5 Å². The zero-order valence-corrected chi connectivity index (χ0v) is 24.6. The second kappa shape index (κ2) is 13.5. The van der Waals surface area contributed by atoms with Gasteiger partial charge in [-0.3, -0.25) is 9.10 Å². The van der Waals surface area contributed by atoms with Crippen molar-refractivity contribution in [3.05, 3.63) is 77.8 Å². The van der Waals surface area contributed by atoms with Gasteiger partial charge in [0.2, 0.25) is 15.9 Å². The van der Waals surface area contributed by atoms with Gasteiger partial charge in [-0.25, -0.2) is 16.8 Å². The molecule has 4 rings (SSSR count). The Morgan fingerprint density at radius 2 is 1.49 bits per heavy atom. The summed E-state index contributed by atoms with van der Waals surface area (Å²) in [4.78, 5) is 12.9. The van der Waals surface area contributed by atoms with Crippen LogP contribution in [0.15, 0.2) is 82.6 Å². The highest BCUT2D eigenvalue weighted by atomic mass is 35.5. The van der Waals surface area contributed by atoms with Crippen molar-refractivity contribution in [1.82, 2.24) is 9.62 Å². The molecule has 1 aliphatic heterocycles. The smallest absolute Gasteiger partial charge is 0.264 e. The molecule has 0 unspecified atom stereocenters. The fourth-order valence-electron chi connectivity index (χ4n) is 3.99. The normalized spacial score (nSPS) is 14.3. The predicted molar refractivity (Wildman–Crippen MR) is 154 cm³/mol. The summed E-state index contributed by atoms with van der Waals surface area (Å²) in [7, 11) is -6.24. The highest BCUT2D eigenvalue weighted by Gasteiger charge is 2.28. The zero-order valence-electron chi connectivity index (χ0n) is 22.2. The molecule has 41 heavy (non-hydrogen) atoms. The van der Waals surface area contributed by atoms with Crippen molar-refractivity contribution in [3.8, 4) is 11.5 Å². The van der Waals surface area contributed by atoms with Crippen molar-refractivity contribution in [2.45, 2.75) is 9.79 Å². The summed E-state index contributed by atoms with van der Waals surface area (Å²) < 4.78 is 70.8. The van der Waals surface area contributed by atoms with Crippen molar-refractivity contribution < 1.29 is 35.8 Å². The van der Waals surface area contributed by atoms with E-state index >= 15 is 0 Å². The minimum Gasteiger partial charge on any atom is -0.497 e. The van der Waals surface area contributed by atoms with Gasteiger partial charge in [0.15, 0.2) is 0 Å². The number of hydrogen-bond acceptors (Lipinski definition) is 8. The number of ether oxygens (including phenoxy) is 3. The number of morpholine rings is 1. The molecule has 0 saturated carbocycles. The molecular formula is C27H30ClN3O8S2. The molecule has 3 aromatic carbocycles. The molecule has 0 atom stereocenters. The van der Waals surface area contributed by atoms with Crippen LogP contribution >= 0.6 is 11.6 Å². The Labute approximate surface area is 244 Å². The van der Waals surface area contributed by atoms with Crippen LogP contribution in [0.3, 0.4) is 0 Å². The van der Waals surface area contributed by atoms with Crippen LogP contribution in [0.2, 0.25) is 5.02 Å². The first-order chi connectivity index (χ1) is 19.6. The van der Waals surface area contributed by atoms with Gasteiger partial charge in [0, 0.05) is 18.1 Å². The van der Waals surface area contributed by atoms with Crippen LogP contribution in [0.25, 0.3) is 0 Å². The molecule has 0 aromatic heterocycles. The average molecular weight is 624 g/mol. The number of rotatable bonds is 12. The molecule has 3 aromatic rings. The zero-order chi connectivity index (χ0) is 29.5. The third-order valence-corrected chi connectivity index (χ3v) is 10.1. The van der Waals surface area contributed by atoms with E-state index in [9.17, 15) is 21.6 Å². The third kappa shape index (κ3) is 7.68. The van der Waals surface area contributed by atoms with Crippen LogP contribution in [-0.2, 0) is 29.6 Å². The monoisotopic (exact) mass is 623 g/mol. The molecule has 0 bridgehead atoms. The molecule has 1 amide bonds. The fraction of sp³-hybridized carbons (Fsp3) is 0.296. The van der Waals surface area contributed by atoms with Gasteiger partial charge in [0.1, 0.15) is 24.7 Å². The topological polar surface area (TPSA) is 132 Å². The molecule has 1 N–H and O–H groups in total. The maximum Gasteiger partial charge on any atom is 0.264 e. The maximum absolute atomic E-state index is 13.5. The van der Waals surface area contributed by atoms with E-state index in [1.54, 1.807) is 12.1 Å². The highest BCUT2D eigenvalue weighted by molar-refractivity contribution is 7.92. The summed E-state index contributed by atoms with van der Waals surface area (Å²) in [5.74, 6) is 0.366. The van der Waals surface area contributed by atoms with Crippen LogP contribution in [0.5, 0.6) is 11.5 Å². The first-order valence-electron chi connectivity index (χ1n) is 12.6. The van der Waals surface area contributed by atoms with Crippen molar-refractivity contribution in [2.24, 2.45) is 0 Å². The Kier molecular flexibility index (Phi) is 10.1. The van der Waals surface area contributed by atoms with E-state index in [4.69, 9.17) is 25.8 Å². The van der Waals surface area contributed by atoms with Gasteiger partial charge in [-0.2, -0.15) is 4.31 Å². The summed E-state index contributed by atoms with van der Waals surface area (Å²) in [6.45, 7) is 1.00. The number of amides is 1. The van der Waals surface area contributed by atoms with E-state index in [1.807, 2.05) is 0 Å². The average Bonchev–Trinajstić information content (AvgIpc) is 2.99. The summed E-state index contributed by atoms with van der Waals surface area (Å²) in [6, 6.07) is 18.0. The summed E-state index contributed by atoms with van der Waals surface area (Å²) in [5, 5.41) is 3.07. The first-order valence-corrected chi connectivity index (χ1v) is 15.9. The number of carbonyl (C=O) groups excluding carboxylic acids is 1. The quantitative estimate of drug-likeness (QED) is 0.305. The van der Waals surface area contributed by atoms with Crippen LogP contribution in [0.4, 0.5) is 5.69 Å². The molecule has 1 fully saturated rings. The van der Waals surface area contributed by atoms with Gasteiger partial charge >= 0.3 is 0 Å². The lowest BCUT2D eigenvalue weighted by Crippen LogP contribution is -2.41. The van der Waals surface area contributed by atoms with Crippen molar-refractivity contribution in [2.75, 3.05) is 57.4 Å². The van der Waals surface area contributed by atoms with E-state index in [0.29, 0.717) is 42.8 Å². The van der Waals surface area contributed by atoms with Crippen LogP contribution in [-0.4, -0.2) is 80.2 Å². The Balaban J connectivity index is 1.35. The lowest BCUT2D eigenvalue weighted by Gasteiger charge is -2.26. The second-order valence-electron chi connectivity index (χ2n) is 8.85. The maximum atomic E-state index is 13.5. The molecule has 1 aliphatic rings. The SMILES string of the molecule is COc1ccc(S(=O)(=O)N(CC(=O)NCCOc2ccc(S(=O)(=O)N3CCOCC3)cc2)c2ccc(Cl)cc2)cc1. The molecule has 220 valence electrons. The largest absolute Gasteiger partial charge is 0.497 e. The Morgan fingerprint density at radius 1 is 0.902 bits per heavy atom. The van der Waals surface area contributed by atoms with Crippen LogP contribution in [0.1, 0.15) is 0 Å². The molecular weight excluding hydrogens is 594 g/mol. The van der Waals surface area contributed by atoms with E-state index in [1.165, 1.54) is 72.1 Å². The van der Waals surface area contributed by atoms with Gasteiger partial charge in [0.25, 0.3) is 10.0 Å². The van der Waals surface area contributed by atoms with Crippen molar-refractivity contribution in [3.63, 3.8) is 0 Å². The van der Waals surface area contributed by atoms with Gasteiger partial charge in [-0.1, -0.05) is 11.6 Å². The minimum absolute atomic E-state index is 0.0107. The van der Waals surface area contributed by atoms with E-state index in [0.717, 1.165) is 4.31 Å². The number of hydrogen-bond donors (Lipinski definition) is 1. The summed E-state index contributed by atoms with van der Waals surface area (Å²) >= 11 is 5.98. The van der Waals surface area contributed by atoms with Crippen molar-refractivity contribution in [1.29, 1.82) is 0 Å². The fourth-order valence-corrected chi connectivity index (χ4v) is 6.94. The number of sulfonamides is 2. The van der Waals surface area contributed by atoms with Gasteiger partial charge in [-0.15, -0.1) is 0 Å². The second-order valence-corrected chi connectivity index (χ2v) is 13.1. The molecule has 1 heterocycles. The number of benzene rings is 3. The molecule has 0 radical (unpaired) electrons. The van der Waals surface area contributed by atoms with E-state index in [2.05, 4.69) is 5.32 Å². The predicted octanol–water partition coefficient (Wildman–Crippen LogP) is 2.76. The third-order valence-electron chi connectivity index (χ3n) is 6.17. The number of methoxy groups -OCH3 is 1. The summed E-state index contributed by atoms with van der Waals surface area (Å²) in [5.41, 5.74) is 0.267. The molecule has 11 nitrogen and oxygen atoms in total. The number of nitrogens with zero attached hydrogens (tertiary/aromatic N) is 2. The molecule has 14 heteroatoms. The van der Waals surface area contributed by atoms with E-state index < -0.39 is 32.5 Å². The lowest BCUT2D eigenvalue weighted by molar-refractivity contribution is -0.119. The number of anilines is 1.